The van der Waals surface area contributed by atoms with E-state index in [0.717, 1.165) is 10.8 Å². The highest BCUT2D eigenvalue weighted by Gasteiger charge is 2.28. The number of para-hydroxylation sites is 1. The van der Waals surface area contributed by atoms with E-state index in [1.807, 2.05) is 74.5 Å². The zero-order valence-corrected chi connectivity index (χ0v) is 14.0. The van der Waals surface area contributed by atoms with Crippen molar-refractivity contribution in [2.45, 2.75) is 24.8 Å². The van der Waals surface area contributed by atoms with Gasteiger partial charge in [-0.15, -0.1) is 0 Å². The second kappa shape index (κ2) is 6.05. The molecule has 0 aliphatic carbocycles. The molecule has 4 heteroatoms. The van der Waals surface area contributed by atoms with Crippen molar-refractivity contribution in [1.29, 1.82) is 0 Å². The summed E-state index contributed by atoms with van der Waals surface area (Å²) in [6, 6.07) is 22.0. The van der Waals surface area contributed by atoms with Crippen LogP contribution in [0.4, 0.5) is 5.69 Å². The third-order valence-electron chi connectivity index (χ3n) is 3.77. The third-order valence-corrected chi connectivity index (χ3v) is 5.83. The molecule has 0 aliphatic rings. The number of fused-ring (bicyclic) bond motifs is 1. The van der Waals surface area contributed by atoms with Crippen LogP contribution in [0, 0.1) is 0 Å². The first-order chi connectivity index (χ1) is 11.0. The number of sulfonamides is 1. The zero-order valence-electron chi connectivity index (χ0n) is 13.2. The van der Waals surface area contributed by atoms with Crippen LogP contribution in [0.5, 0.6) is 0 Å². The molecule has 3 rings (SSSR count). The van der Waals surface area contributed by atoms with E-state index in [9.17, 15) is 8.42 Å². The van der Waals surface area contributed by atoms with E-state index in [2.05, 4.69) is 0 Å². The number of hydrogen-bond donors (Lipinski definition) is 0. The average molecular weight is 325 g/mol. The Balaban J connectivity index is 2.23. The van der Waals surface area contributed by atoms with Crippen LogP contribution >= 0.6 is 0 Å². The summed E-state index contributed by atoms with van der Waals surface area (Å²) in [4.78, 5) is 0.341. The molecule has 3 nitrogen and oxygen atoms in total. The van der Waals surface area contributed by atoms with Crippen LogP contribution in [0.3, 0.4) is 0 Å². The SMILES string of the molecule is CC(C)N(c1ccccc1)S(=O)(=O)c1cccc2ccccc12. The second-order valence-electron chi connectivity index (χ2n) is 5.71. The van der Waals surface area contributed by atoms with Crippen LogP contribution in [-0.4, -0.2) is 14.5 Å². The Bertz CT molecular complexity index is 913. The molecule has 118 valence electrons. The smallest absolute Gasteiger partial charge is 0.264 e. The topological polar surface area (TPSA) is 37.4 Å². The van der Waals surface area contributed by atoms with Gasteiger partial charge < -0.3 is 0 Å². The van der Waals surface area contributed by atoms with Gasteiger partial charge in [-0.05, 0) is 37.4 Å². The first kappa shape index (κ1) is 15.6. The number of benzene rings is 3. The molecular formula is C19H19NO2S. The predicted octanol–water partition coefficient (Wildman–Crippen LogP) is 4.44. The van der Waals surface area contributed by atoms with Crippen molar-refractivity contribution in [2.24, 2.45) is 0 Å². The van der Waals surface area contributed by atoms with Gasteiger partial charge >= 0.3 is 0 Å². The van der Waals surface area contributed by atoms with Gasteiger partial charge in [-0.3, -0.25) is 4.31 Å². The molecule has 23 heavy (non-hydrogen) atoms. The molecule has 0 bridgehead atoms. The second-order valence-corrected chi connectivity index (χ2v) is 7.49. The molecule has 3 aromatic rings. The molecule has 0 saturated heterocycles. The molecule has 0 heterocycles. The molecule has 0 fully saturated rings. The Kier molecular flexibility index (Phi) is 4.09. The zero-order chi connectivity index (χ0) is 16.4. The third kappa shape index (κ3) is 2.82. The van der Waals surface area contributed by atoms with E-state index < -0.39 is 10.0 Å². The standard InChI is InChI=1S/C19H19NO2S/c1-15(2)20(17-11-4-3-5-12-17)23(21,22)19-14-8-10-16-9-6-7-13-18(16)19/h3-15H,1-2H3. The van der Waals surface area contributed by atoms with Gasteiger partial charge in [0.2, 0.25) is 0 Å². The highest BCUT2D eigenvalue weighted by atomic mass is 32.2. The Morgan fingerprint density at radius 3 is 2.09 bits per heavy atom. The molecular weight excluding hydrogens is 306 g/mol. The fourth-order valence-corrected chi connectivity index (χ4v) is 4.70. The Hall–Kier alpha value is -2.33. The number of hydrogen-bond acceptors (Lipinski definition) is 2. The van der Waals surface area contributed by atoms with Crippen molar-refractivity contribution in [3.05, 3.63) is 72.8 Å². The van der Waals surface area contributed by atoms with Gasteiger partial charge in [0.15, 0.2) is 0 Å². The van der Waals surface area contributed by atoms with Crippen LogP contribution in [0.25, 0.3) is 10.8 Å². The molecule has 0 aliphatic heterocycles. The lowest BCUT2D eigenvalue weighted by atomic mass is 10.1. The molecule has 0 saturated carbocycles. The minimum absolute atomic E-state index is 0.179. The van der Waals surface area contributed by atoms with Crippen molar-refractivity contribution in [1.82, 2.24) is 0 Å². The summed E-state index contributed by atoms with van der Waals surface area (Å²) in [5.41, 5.74) is 0.676. The van der Waals surface area contributed by atoms with Crippen LogP contribution in [0.1, 0.15) is 13.8 Å². The maximum Gasteiger partial charge on any atom is 0.265 e. The van der Waals surface area contributed by atoms with Crippen LogP contribution < -0.4 is 4.31 Å². The minimum Gasteiger partial charge on any atom is -0.264 e. The number of nitrogens with zero attached hydrogens (tertiary/aromatic N) is 1. The summed E-state index contributed by atoms with van der Waals surface area (Å²) in [6.45, 7) is 3.77. The monoisotopic (exact) mass is 325 g/mol. The number of rotatable bonds is 4. The predicted molar refractivity (Wildman–Crippen MR) is 95.2 cm³/mol. The molecule has 0 N–H and O–H groups in total. The lowest BCUT2D eigenvalue weighted by Crippen LogP contribution is -2.37. The van der Waals surface area contributed by atoms with E-state index in [0.29, 0.717) is 10.6 Å². The van der Waals surface area contributed by atoms with Crippen molar-refractivity contribution in [2.75, 3.05) is 4.31 Å². The summed E-state index contributed by atoms with van der Waals surface area (Å²) in [5, 5.41) is 1.67. The Morgan fingerprint density at radius 2 is 1.39 bits per heavy atom. The minimum atomic E-state index is -3.65. The van der Waals surface area contributed by atoms with E-state index in [1.54, 1.807) is 12.1 Å². The highest BCUT2D eigenvalue weighted by Crippen LogP contribution is 2.30. The quantitative estimate of drug-likeness (QED) is 0.711. The summed E-state index contributed by atoms with van der Waals surface area (Å²) in [7, 11) is -3.65. The Morgan fingerprint density at radius 1 is 0.783 bits per heavy atom. The van der Waals surface area contributed by atoms with E-state index in [4.69, 9.17) is 0 Å². The van der Waals surface area contributed by atoms with Crippen molar-refractivity contribution >= 4 is 26.5 Å². The van der Waals surface area contributed by atoms with E-state index in [1.165, 1.54) is 4.31 Å². The molecule has 0 unspecified atom stereocenters. The van der Waals surface area contributed by atoms with Gasteiger partial charge in [0.05, 0.1) is 10.6 Å². The molecule has 0 atom stereocenters. The van der Waals surface area contributed by atoms with Gasteiger partial charge in [-0.1, -0.05) is 54.6 Å². The summed E-state index contributed by atoms with van der Waals surface area (Å²) in [5.74, 6) is 0. The summed E-state index contributed by atoms with van der Waals surface area (Å²) < 4.78 is 28.1. The van der Waals surface area contributed by atoms with Gasteiger partial charge in [0.25, 0.3) is 10.0 Å². The lowest BCUT2D eigenvalue weighted by molar-refractivity contribution is 0.585. The molecule has 3 aromatic carbocycles. The largest absolute Gasteiger partial charge is 0.265 e. The Labute approximate surface area is 137 Å². The first-order valence-corrected chi connectivity index (χ1v) is 9.03. The summed E-state index contributed by atoms with van der Waals surface area (Å²) in [6.07, 6.45) is 0. The molecule has 0 radical (unpaired) electrons. The highest BCUT2D eigenvalue weighted by molar-refractivity contribution is 7.93. The first-order valence-electron chi connectivity index (χ1n) is 7.59. The van der Waals surface area contributed by atoms with Crippen LogP contribution in [0.15, 0.2) is 77.7 Å². The van der Waals surface area contributed by atoms with Crippen LogP contribution in [0.2, 0.25) is 0 Å². The van der Waals surface area contributed by atoms with Gasteiger partial charge in [0.1, 0.15) is 0 Å². The average Bonchev–Trinajstić information content (AvgIpc) is 2.54. The van der Waals surface area contributed by atoms with Crippen molar-refractivity contribution in [3.8, 4) is 0 Å². The van der Waals surface area contributed by atoms with Gasteiger partial charge in [-0.2, -0.15) is 0 Å². The molecule has 0 amide bonds. The maximum absolute atomic E-state index is 13.3. The number of anilines is 1. The van der Waals surface area contributed by atoms with Crippen molar-refractivity contribution < 1.29 is 8.42 Å². The normalized spacial score (nSPS) is 11.8. The fourth-order valence-electron chi connectivity index (χ4n) is 2.82. The van der Waals surface area contributed by atoms with Gasteiger partial charge in [-0.25, -0.2) is 8.42 Å². The summed E-state index contributed by atoms with van der Waals surface area (Å²) >= 11 is 0. The van der Waals surface area contributed by atoms with Crippen LogP contribution in [-0.2, 0) is 10.0 Å². The van der Waals surface area contributed by atoms with Gasteiger partial charge in [0, 0.05) is 11.4 Å². The van der Waals surface area contributed by atoms with E-state index in [-0.39, 0.29) is 6.04 Å². The lowest BCUT2D eigenvalue weighted by Gasteiger charge is -2.28. The van der Waals surface area contributed by atoms with E-state index >= 15 is 0 Å². The maximum atomic E-state index is 13.3. The fraction of sp³-hybridized carbons (Fsp3) is 0.158. The van der Waals surface area contributed by atoms with Crippen molar-refractivity contribution in [3.63, 3.8) is 0 Å². The molecule has 0 spiro atoms. The molecule has 0 aromatic heterocycles.